The molecule has 4 aromatic rings. The van der Waals surface area contributed by atoms with E-state index in [4.69, 9.17) is 9.47 Å². The van der Waals surface area contributed by atoms with Gasteiger partial charge in [0.15, 0.2) is 0 Å². The number of nitrogens with one attached hydrogen (secondary N) is 1. The average molecular weight is 768 g/mol. The first-order valence-electron chi connectivity index (χ1n) is 19.7. The van der Waals surface area contributed by atoms with Crippen molar-refractivity contribution in [3.63, 3.8) is 0 Å². The molecule has 1 N–H and O–H groups in total. The molecule has 2 aromatic carbocycles. The summed E-state index contributed by atoms with van der Waals surface area (Å²) in [6.07, 6.45) is 11.5. The van der Waals surface area contributed by atoms with Crippen LogP contribution in [-0.2, 0) is 28.5 Å². The summed E-state index contributed by atoms with van der Waals surface area (Å²) in [6.45, 7) is 4.95. The number of aromatic nitrogens is 3. The largest absolute Gasteiger partial charge is 0.497 e. The van der Waals surface area contributed by atoms with Crippen LogP contribution in [0.2, 0.25) is 0 Å². The zero-order valence-electron chi connectivity index (χ0n) is 31.6. The van der Waals surface area contributed by atoms with Gasteiger partial charge in [0.1, 0.15) is 5.75 Å². The number of hydrogen-bond acceptors (Lipinski definition) is 8. The molecule has 5 fully saturated rings. The van der Waals surface area contributed by atoms with Gasteiger partial charge in [0.2, 0.25) is 0 Å². The van der Waals surface area contributed by atoms with Crippen LogP contribution in [-0.4, -0.2) is 114 Å². The molecule has 13 nitrogen and oxygen atoms in total. The molecule has 5 aliphatic heterocycles. The van der Waals surface area contributed by atoms with Crippen molar-refractivity contribution < 1.29 is 27.5 Å². The Kier molecular flexibility index (Phi) is 9.56. The first-order valence-corrected chi connectivity index (χ1v) is 21.1. The summed E-state index contributed by atoms with van der Waals surface area (Å²) < 4.78 is 45.2. The highest BCUT2D eigenvalue weighted by atomic mass is 32.2. The molecular weight excluding hydrogens is 719 g/mol. The summed E-state index contributed by atoms with van der Waals surface area (Å²) in [5, 5.41) is 5.73. The third kappa shape index (κ3) is 6.56. The molecule has 6 aliphatic rings. The molecule has 0 atom stereocenters. The third-order valence-electron chi connectivity index (χ3n) is 12.5. The van der Waals surface area contributed by atoms with E-state index in [2.05, 4.69) is 42.4 Å². The minimum atomic E-state index is -4.06. The second kappa shape index (κ2) is 14.5. The zero-order valence-corrected chi connectivity index (χ0v) is 32.4. The molecule has 1 aliphatic carbocycles. The van der Waals surface area contributed by atoms with Gasteiger partial charge in [0, 0.05) is 74.4 Å². The highest BCUT2D eigenvalue weighted by molar-refractivity contribution is 7.87. The average Bonchev–Trinajstić information content (AvgIpc) is 3.49. The van der Waals surface area contributed by atoms with Gasteiger partial charge in [-0.3, -0.25) is 14.3 Å². The maximum atomic E-state index is 14.6. The van der Waals surface area contributed by atoms with Gasteiger partial charge in [0.05, 0.1) is 50.0 Å². The van der Waals surface area contributed by atoms with E-state index in [9.17, 15) is 18.0 Å². The van der Waals surface area contributed by atoms with E-state index in [1.54, 1.807) is 19.4 Å². The normalized spacial score (nSPS) is 22.1. The summed E-state index contributed by atoms with van der Waals surface area (Å²) in [7, 11) is -0.497. The van der Waals surface area contributed by atoms with E-state index in [0.717, 1.165) is 103 Å². The monoisotopic (exact) mass is 767 g/mol. The van der Waals surface area contributed by atoms with Crippen LogP contribution in [0.25, 0.3) is 33.8 Å². The lowest BCUT2D eigenvalue weighted by molar-refractivity contribution is 0.0684. The number of morpholine rings is 1. The van der Waals surface area contributed by atoms with Gasteiger partial charge < -0.3 is 23.8 Å². The Balaban J connectivity index is 1.19. The standard InChI is InChI=1S/C41H49N7O6S/c1-44-38(35(25-42-44)41(50)47-17-16-45-14-12-31(47)13-15-45)30-22-29-23-32(53-2)9-11-33(29)39-37(27-6-4-3-5-7-27)34-10-8-28(24-36(34)48(39)26-30)40(49)43-55(51,52)46-18-20-54-21-19-46/h8-11,22-25,27,31H,3-7,12-21,26H2,1-2H3,(H,43,49). The highest BCUT2D eigenvalue weighted by Crippen LogP contribution is 2.48. The molecule has 4 saturated heterocycles. The molecule has 2 aromatic heterocycles. The van der Waals surface area contributed by atoms with Crippen molar-refractivity contribution in [1.82, 2.24) is 33.2 Å². The Labute approximate surface area is 322 Å². The number of hydrogen-bond donors (Lipinski definition) is 1. The van der Waals surface area contributed by atoms with Gasteiger partial charge in [0.25, 0.3) is 11.8 Å². The summed E-state index contributed by atoms with van der Waals surface area (Å²) in [4.78, 5) is 32.8. The van der Waals surface area contributed by atoms with Crippen LogP contribution in [0.1, 0.15) is 88.4 Å². The fraction of sp³-hybridized carbons (Fsp3) is 0.488. The van der Waals surface area contributed by atoms with Crippen molar-refractivity contribution in [3.05, 3.63) is 70.5 Å². The van der Waals surface area contributed by atoms with E-state index in [-0.39, 0.29) is 43.8 Å². The van der Waals surface area contributed by atoms with Crippen LogP contribution in [0, 0.1) is 0 Å². The minimum absolute atomic E-state index is 0.00813. The van der Waals surface area contributed by atoms with Crippen LogP contribution in [0.4, 0.5) is 0 Å². The fourth-order valence-corrected chi connectivity index (χ4v) is 10.7. The molecule has 10 rings (SSSR count). The van der Waals surface area contributed by atoms with Crippen molar-refractivity contribution >= 4 is 44.6 Å². The number of benzene rings is 2. The summed E-state index contributed by atoms with van der Waals surface area (Å²) in [5.41, 5.74) is 7.71. The quantitative estimate of drug-likeness (QED) is 0.282. The third-order valence-corrected chi connectivity index (χ3v) is 14.0. The molecule has 0 spiro atoms. The number of allylic oxidation sites excluding steroid dienone is 1. The lowest BCUT2D eigenvalue weighted by atomic mass is 9.81. The number of piperidine rings is 1. The van der Waals surface area contributed by atoms with Gasteiger partial charge in [-0.25, -0.2) is 4.72 Å². The van der Waals surface area contributed by atoms with E-state index in [1.165, 1.54) is 16.3 Å². The molecular formula is C41H49N7O6S. The summed E-state index contributed by atoms with van der Waals surface area (Å²) in [6, 6.07) is 11.9. The Morgan fingerprint density at radius 1 is 0.909 bits per heavy atom. The highest BCUT2D eigenvalue weighted by Gasteiger charge is 2.36. The van der Waals surface area contributed by atoms with E-state index in [0.29, 0.717) is 24.6 Å². The Hall–Kier alpha value is -4.50. The molecule has 0 unspecified atom stereocenters. The molecule has 0 radical (unpaired) electrons. The van der Waals surface area contributed by atoms with Gasteiger partial charge in [-0.2, -0.15) is 17.8 Å². The van der Waals surface area contributed by atoms with E-state index >= 15 is 0 Å². The van der Waals surface area contributed by atoms with Gasteiger partial charge >= 0.3 is 10.2 Å². The fourth-order valence-electron chi connectivity index (χ4n) is 9.64. The number of carbonyl (C=O) groups is 2. The molecule has 14 heteroatoms. The second-order valence-corrected chi connectivity index (χ2v) is 17.3. The number of methoxy groups -OCH3 is 1. The van der Waals surface area contributed by atoms with Crippen molar-refractivity contribution in [1.29, 1.82) is 0 Å². The Morgan fingerprint density at radius 3 is 2.45 bits per heavy atom. The molecule has 2 amide bonds. The van der Waals surface area contributed by atoms with Crippen molar-refractivity contribution in [3.8, 4) is 17.0 Å². The van der Waals surface area contributed by atoms with E-state index < -0.39 is 16.1 Å². The van der Waals surface area contributed by atoms with Crippen LogP contribution < -0.4 is 9.46 Å². The Bertz CT molecular complexity index is 2290. The Morgan fingerprint density at radius 2 is 1.69 bits per heavy atom. The topological polar surface area (TPSA) is 131 Å². The van der Waals surface area contributed by atoms with Crippen LogP contribution in [0.5, 0.6) is 5.75 Å². The summed E-state index contributed by atoms with van der Waals surface area (Å²) >= 11 is 0. The maximum absolute atomic E-state index is 14.6. The predicted molar refractivity (Wildman–Crippen MR) is 210 cm³/mol. The SMILES string of the molecule is COc1ccc2c(c1)C=C(c1c(C(=O)N3CCN4CCC3CC4)cnn1C)Cn1c-2c(C2CCCCC2)c2ccc(C(=O)NS(=O)(=O)N3CCOCC3)cc21. The lowest BCUT2D eigenvalue weighted by Gasteiger charge is -2.31. The van der Waals surface area contributed by atoms with Crippen molar-refractivity contribution in [2.45, 2.75) is 63.5 Å². The van der Waals surface area contributed by atoms with Crippen LogP contribution in [0.3, 0.4) is 0 Å². The molecule has 55 heavy (non-hydrogen) atoms. The summed E-state index contributed by atoms with van der Waals surface area (Å²) in [5.74, 6) is 0.373. The second-order valence-electron chi connectivity index (χ2n) is 15.6. The zero-order chi connectivity index (χ0) is 37.8. The van der Waals surface area contributed by atoms with Crippen LogP contribution in [0.15, 0.2) is 42.6 Å². The number of ether oxygens (including phenoxy) is 2. The lowest BCUT2D eigenvalue weighted by Crippen LogP contribution is -2.48. The number of carbonyl (C=O) groups excluding carboxylic acids is 2. The number of aryl methyl sites for hydroxylation is 1. The molecule has 2 bridgehead atoms. The molecule has 290 valence electrons. The van der Waals surface area contributed by atoms with E-state index in [1.807, 2.05) is 29.9 Å². The smallest absolute Gasteiger partial charge is 0.304 e. The first kappa shape index (κ1) is 36.2. The number of fused-ring (bicyclic) bond motifs is 9. The van der Waals surface area contributed by atoms with Crippen LogP contribution >= 0.6 is 0 Å². The van der Waals surface area contributed by atoms with Crippen molar-refractivity contribution in [2.24, 2.45) is 7.05 Å². The number of nitrogens with zero attached hydrogens (tertiary/aromatic N) is 6. The maximum Gasteiger partial charge on any atom is 0.304 e. The van der Waals surface area contributed by atoms with Crippen molar-refractivity contribution in [2.75, 3.05) is 59.6 Å². The van der Waals surface area contributed by atoms with Gasteiger partial charge in [-0.05, 0) is 84.7 Å². The van der Waals surface area contributed by atoms with Gasteiger partial charge in [-0.1, -0.05) is 25.3 Å². The first-order chi connectivity index (χ1) is 26.7. The number of amides is 2. The molecule has 1 saturated carbocycles. The number of rotatable bonds is 7. The minimum Gasteiger partial charge on any atom is -0.497 e. The molecule has 7 heterocycles. The predicted octanol–water partition coefficient (Wildman–Crippen LogP) is 4.88. The van der Waals surface area contributed by atoms with Gasteiger partial charge in [-0.15, -0.1) is 0 Å².